The number of carbonyl (C=O) groups excluding carboxylic acids is 2. The van der Waals surface area contributed by atoms with E-state index in [4.69, 9.17) is 18.9 Å². The Morgan fingerprint density at radius 3 is 2.65 bits per heavy atom. The van der Waals surface area contributed by atoms with Gasteiger partial charge in [0.1, 0.15) is 24.9 Å². The molecule has 1 aromatic carbocycles. The van der Waals surface area contributed by atoms with Crippen LogP contribution in [-0.2, 0) is 24.6 Å². The fraction of sp³-hybridized carbons (Fsp3) is 0.500. The van der Waals surface area contributed by atoms with Gasteiger partial charge in [0.05, 0.1) is 17.7 Å². The number of Topliss-reactive ketones (excluding diaryl/α,β-unsaturated/α-hetero) is 1. The van der Waals surface area contributed by atoms with Crippen molar-refractivity contribution >= 4 is 17.3 Å². The van der Waals surface area contributed by atoms with Crippen LogP contribution >= 0.6 is 0 Å². The van der Waals surface area contributed by atoms with Gasteiger partial charge in [-0.3, -0.25) is 14.4 Å². The second kappa shape index (κ2) is 7.87. The Morgan fingerprint density at radius 1 is 1.24 bits per heavy atom. The molecule has 5 aliphatic rings. The fourth-order valence-electron chi connectivity index (χ4n) is 6.36. The summed E-state index contributed by atoms with van der Waals surface area (Å²) in [5.74, 6) is -1.78. The normalized spacial score (nSPS) is 35.6. The number of carbonyl (C=O) groups is 2. The predicted molar refractivity (Wildman–Crippen MR) is 126 cm³/mol. The first-order valence-corrected chi connectivity index (χ1v) is 12.2. The van der Waals surface area contributed by atoms with E-state index in [2.05, 4.69) is 0 Å². The molecule has 2 saturated heterocycles. The maximum Gasteiger partial charge on any atom is 0.325 e. The Balaban J connectivity index is 1.58. The summed E-state index contributed by atoms with van der Waals surface area (Å²) in [6.07, 6.45) is -3.24. The highest BCUT2D eigenvalue weighted by molar-refractivity contribution is 6.24. The molecule has 7 unspecified atom stereocenters. The van der Waals surface area contributed by atoms with E-state index >= 15 is 0 Å². The van der Waals surface area contributed by atoms with Gasteiger partial charge in [0.2, 0.25) is 6.29 Å². The van der Waals surface area contributed by atoms with Crippen LogP contribution in [0.25, 0.3) is 5.57 Å². The van der Waals surface area contributed by atoms with Gasteiger partial charge in [-0.2, -0.15) is 0 Å². The third-order valence-electron chi connectivity index (χ3n) is 8.11. The number of fused-ring (bicyclic) bond motifs is 7. The van der Waals surface area contributed by atoms with Crippen LogP contribution in [0.5, 0.6) is 11.5 Å². The number of aliphatic hydroxyl groups excluding tert-OH is 1. The van der Waals surface area contributed by atoms with Crippen LogP contribution < -0.4 is 10.2 Å². The van der Waals surface area contributed by atoms with E-state index < -0.39 is 70.8 Å². The summed E-state index contributed by atoms with van der Waals surface area (Å²) in [7, 11) is 1.34. The second-order valence-electron chi connectivity index (χ2n) is 10.1. The average molecular weight is 513 g/mol. The van der Waals surface area contributed by atoms with Gasteiger partial charge in [0, 0.05) is 29.5 Å². The summed E-state index contributed by atoms with van der Waals surface area (Å²) in [5, 5.41) is 34.1. The molecule has 0 bridgehead atoms. The number of cyclic esters (lactones) is 1. The van der Waals surface area contributed by atoms with Gasteiger partial charge >= 0.3 is 5.97 Å². The van der Waals surface area contributed by atoms with E-state index in [1.165, 1.54) is 7.11 Å². The van der Waals surface area contributed by atoms with Gasteiger partial charge in [-0.05, 0) is 38.0 Å². The lowest BCUT2D eigenvalue weighted by atomic mass is 9.82. The number of hydrogen-bond donors (Lipinski definition) is 3. The van der Waals surface area contributed by atoms with E-state index in [1.54, 1.807) is 24.8 Å². The maximum atomic E-state index is 13.8. The molecule has 0 amide bonds. The minimum absolute atomic E-state index is 0.0300. The van der Waals surface area contributed by atoms with Gasteiger partial charge in [-0.25, -0.2) is 0 Å². The molecular weight excluding hydrogens is 486 g/mol. The SMILES string of the molecule is CCC1OC(=O)CN2C(C)=CC3=C(C(=O)c4cc(=O)c5c(c(O)c43)OC3OC(C)C(OC)C(O)C53O)C12. The van der Waals surface area contributed by atoms with Gasteiger partial charge in [0.15, 0.2) is 28.3 Å². The first-order chi connectivity index (χ1) is 17.5. The fourth-order valence-corrected chi connectivity index (χ4v) is 6.36. The van der Waals surface area contributed by atoms with Crippen LogP contribution in [-0.4, -0.2) is 82.4 Å². The van der Waals surface area contributed by atoms with Crippen molar-refractivity contribution in [3.8, 4) is 11.5 Å². The second-order valence-corrected chi connectivity index (χ2v) is 10.1. The minimum Gasteiger partial charge on any atom is -0.504 e. The molecule has 1 aliphatic carbocycles. The quantitative estimate of drug-likeness (QED) is 0.469. The topological polar surface area (TPSA) is 152 Å². The zero-order chi connectivity index (χ0) is 26.5. The number of aliphatic hydroxyl groups is 2. The number of aromatic hydroxyl groups is 1. The minimum atomic E-state index is -2.34. The molecule has 4 aliphatic heterocycles. The molecule has 37 heavy (non-hydrogen) atoms. The molecule has 3 N–H and O–H groups in total. The van der Waals surface area contributed by atoms with Crippen molar-refractivity contribution in [3.05, 3.63) is 50.3 Å². The van der Waals surface area contributed by atoms with Crippen LogP contribution in [0.15, 0.2) is 28.2 Å². The summed E-state index contributed by atoms with van der Waals surface area (Å²) in [4.78, 5) is 41.3. The number of hydrogen-bond acceptors (Lipinski definition) is 11. The summed E-state index contributed by atoms with van der Waals surface area (Å²) in [6, 6.07) is 0.463. The lowest BCUT2D eigenvalue weighted by Gasteiger charge is -2.44. The molecule has 0 saturated carbocycles. The van der Waals surface area contributed by atoms with Crippen molar-refractivity contribution in [3.63, 3.8) is 0 Å². The maximum absolute atomic E-state index is 13.8. The zero-order valence-corrected chi connectivity index (χ0v) is 20.7. The lowest BCUT2D eigenvalue weighted by molar-refractivity contribution is -0.310. The van der Waals surface area contributed by atoms with E-state index in [-0.39, 0.29) is 23.4 Å². The summed E-state index contributed by atoms with van der Waals surface area (Å²) in [5.41, 5.74) is -2.15. The highest BCUT2D eigenvalue weighted by Crippen LogP contribution is 2.54. The van der Waals surface area contributed by atoms with Crippen molar-refractivity contribution in [2.45, 2.75) is 69.5 Å². The van der Waals surface area contributed by atoms with Gasteiger partial charge in [-0.1, -0.05) is 6.92 Å². The van der Waals surface area contributed by atoms with Crippen LogP contribution in [0.4, 0.5) is 0 Å². The van der Waals surface area contributed by atoms with Crippen LogP contribution in [0.3, 0.4) is 0 Å². The molecule has 7 atom stereocenters. The third-order valence-corrected chi connectivity index (χ3v) is 8.11. The molecular formula is C26H27NO10. The monoisotopic (exact) mass is 513 g/mol. The number of methoxy groups -OCH3 is 1. The van der Waals surface area contributed by atoms with E-state index in [1.807, 2.05) is 6.92 Å². The average Bonchev–Trinajstić information content (AvgIpc) is 3.26. The van der Waals surface area contributed by atoms with Crippen molar-refractivity contribution in [1.29, 1.82) is 0 Å². The smallest absolute Gasteiger partial charge is 0.325 e. The molecule has 4 heterocycles. The van der Waals surface area contributed by atoms with Crippen molar-refractivity contribution < 1.29 is 43.9 Å². The molecule has 0 radical (unpaired) electrons. The first kappa shape index (κ1) is 24.1. The lowest BCUT2D eigenvalue weighted by Crippen LogP contribution is -2.63. The molecule has 11 nitrogen and oxygen atoms in total. The Hall–Kier alpha value is -3.25. The Kier molecular flexibility index (Phi) is 5.13. The third kappa shape index (κ3) is 2.93. The summed E-state index contributed by atoms with van der Waals surface area (Å²) < 4.78 is 22.3. The van der Waals surface area contributed by atoms with E-state index in [0.717, 1.165) is 6.07 Å². The Bertz CT molecular complexity index is 1380. The number of morpholine rings is 1. The number of nitrogens with zero attached hydrogens (tertiary/aromatic N) is 1. The van der Waals surface area contributed by atoms with Crippen LogP contribution in [0.2, 0.25) is 0 Å². The molecule has 2 fully saturated rings. The number of esters is 1. The number of ketones is 1. The van der Waals surface area contributed by atoms with E-state index in [9.17, 15) is 29.7 Å². The molecule has 196 valence electrons. The van der Waals surface area contributed by atoms with Gasteiger partial charge in [-0.15, -0.1) is 0 Å². The molecule has 11 heteroatoms. The summed E-state index contributed by atoms with van der Waals surface area (Å²) in [6.45, 7) is 5.23. The summed E-state index contributed by atoms with van der Waals surface area (Å²) >= 11 is 0. The van der Waals surface area contributed by atoms with E-state index in [0.29, 0.717) is 23.3 Å². The molecule has 1 aromatic rings. The highest BCUT2D eigenvalue weighted by Gasteiger charge is 2.63. The number of allylic oxidation sites excluding steroid dienone is 3. The Labute approximate surface area is 211 Å². The van der Waals surface area contributed by atoms with Crippen molar-refractivity contribution in [2.24, 2.45) is 0 Å². The predicted octanol–water partition coefficient (Wildman–Crippen LogP) is 0.326. The first-order valence-electron chi connectivity index (χ1n) is 12.2. The zero-order valence-electron chi connectivity index (χ0n) is 20.7. The van der Waals surface area contributed by atoms with Crippen molar-refractivity contribution in [1.82, 2.24) is 4.90 Å². The van der Waals surface area contributed by atoms with Crippen molar-refractivity contribution in [2.75, 3.05) is 13.7 Å². The number of ether oxygens (including phenoxy) is 4. The highest BCUT2D eigenvalue weighted by atomic mass is 16.7. The molecule has 6 rings (SSSR count). The molecule has 0 spiro atoms. The largest absolute Gasteiger partial charge is 0.504 e. The standard InChI is InChI=1S/C26H27NO10/c1-5-14-19-17-11(6-9(2)27(19)8-15(29)36-14)16-12(20(17)30)7-13(28)18-23(21(16)31)37-25-26(18,33)24(32)22(34-4)10(3)35-25/h6-7,10,14,19,22,24-25,31-33H,5,8H2,1-4H3. The Morgan fingerprint density at radius 2 is 1.97 bits per heavy atom. The number of rotatable bonds is 2. The molecule has 0 aromatic heterocycles. The van der Waals surface area contributed by atoms with Gasteiger partial charge in [0.25, 0.3) is 0 Å². The van der Waals surface area contributed by atoms with Gasteiger partial charge < -0.3 is 39.2 Å². The van der Waals surface area contributed by atoms with Crippen LogP contribution in [0, 0.1) is 0 Å². The van der Waals surface area contributed by atoms with Crippen LogP contribution in [0.1, 0.15) is 48.7 Å².